The Hall–Kier alpha value is -2.57. The van der Waals surface area contributed by atoms with Crippen LogP contribution in [0.3, 0.4) is 0 Å². The molecule has 1 aliphatic rings. The number of benzene rings is 2. The predicted molar refractivity (Wildman–Crippen MR) is 87.4 cm³/mol. The molecule has 3 nitrogen and oxygen atoms in total. The minimum atomic E-state index is -4.42. The number of rotatable bonds is 3. The van der Waals surface area contributed by atoms with Crippen LogP contribution in [0.4, 0.5) is 17.6 Å². The third-order valence-corrected chi connectivity index (χ3v) is 4.30. The van der Waals surface area contributed by atoms with Crippen molar-refractivity contribution in [1.82, 2.24) is 4.90 Å². The van der Waals surface area contributed by atoms with E-state index in [1.165, 1.54) is 24.3 Å². The smallest absolute Gasteiger partial charge is 0.416 e. The van der Waals surface area contributed by atoms with Crippen LogP contribution in [-0.4, -0.2) is 30.0 Å². The average molecular weight is 367 g/mol. The number of carbonyl (C=O) groups is 1. The number of alkyl halides is 3. The zero-order valence-corrected chi connectivity index (χ0v) is 13.8. The monoisotopic (exact) mass is 367 g/mol. The normalized spacial score (nSPS) is 15.8. The summed E-state index contributed by atoms with van der Waals surface area (Å²) in [5.74, 6) is -0.0628. The lowest BCUT2D eigenvalue weighted by molar-refractivity contribution is -0.137. The Morgan fingerprint density at radius 2 is 1.54 bits per heavy atom. The van der Waals surface area contributed by atoms with E-state index in [0.717, 1.165) is 12.1 Å². The van der Waals surface area contributed by atoms with E-state index in [4.69, 9.17) is 4.74 Å². The van der Waals surface area contributed by atoms with Crippen LogP contribution in [0, 0.1) is 5.82 Å². The Balaban J connectivity index is 1.55. The number of carbonyl (C=O) groups excluding carboxylic acids is 1. The van der Waals surface area contributed by atoms with Gasteiger partial charge in [0.25, 0.3) is 5.91 Å². The molecule has 0 radical (unpaired) electrons. The van der Waals surface area contributed by atoms with Gasteiger partial charge in [-0.05, 0) is 48.5 Å². The summed E-state index contributed by atoms with van der Waals surface area (Å²) in [6.07, 6.45) is -3.30. The summed E-state index contributed by atoms with van der Waals surface area (Å²) in [5.41, 5.74) is -0.545. The van der Waals surface area contributed by atoms with Gasteiger partial charge in [0.1, 0.15) is 17.7 Å². The van der Waals surface area contributed by atoms with Crippen molar-refractivity contribution in [3.05, 3.63) is 65.5 Å². The number of amides is 1. The number of nitrogens with zero attached hydrogens (tertiary/aromatic N) is 1. The van der Waals surface area contributed by atoms with E-state index in [9.17, 15) is 22.4 Å². The molecule has 1 heterocycles. The van der Waals surface area contributed by atoms with Crippen LogP contribution in [0.2, 0.25) is 0 Å². The van der Waals surface area contributed by atoms with Gasteiger partial charge in [0.15, 0.2) is 0 Å². The summed E-state index contributed by atoms with van der Waals surface area (Å²) in [6.45, 7) is 0.900. The van der Waals surface area contributed by atoms with E-state index in [2.05, 4.69) is 0 Å². The van der Waals surface area contributed by atoms with Gasteiger partial charge in [-0.25, -0.2) is 4.39 Å². The molecule has 1 aliphatic heterocycles. The fourth-order valence-corrected chi connectivity index (χ4v) is 2.87. The molecule has 0 unspecified atom stereocenters. The summed E-state index contributed by atoms with van der Waals surface area (Å²) in [4.78, 5) is 14.0. The zero-order chi connectivity index (χ0) is 18.7. The van der Waals surface area contributed by atoms with Crippen LogP contribution < -0.4 is 4.74 Å². The molecule has 7 heteroatoms. The van der Waals surface area contributed by atoms with E-state index in [1.54, 1.807) is 17.0 Å². The first-order chi connectivity index (χ1) is 12.3. The van der Waals surface area contributed by atoms with Gasteiger partial charge < -0.3 is 9.64 Å². The molecule has 1 amide bonds. The molecule has 1 saturated heterocycles. The van der Waals surface area contributed by atoms with Crippen molar-refractivity contribution in [1.29, 1.82) is 0 Å². The largest absolute Gasteiger partial charge is 0.490 e. The van der Waals surface area contributed by atoms with Gasteiger partial charge in [-0.15, -0.1) is 0 Å². The van der Waals surface area contributed by atoms with E-state index in [-0.39, 0.29) is 23.4 Å². The van der Waals surface area contributed by atoms with Gasteiger partial charge in [-0.1, -0.05) is 0 Å². The number of ether oxygens (including phenoxy) is 1. The highest BCUT2D eigenvalue weighted by atomic mass is 19.4. The molecule has 2 aromatic rings. The highest BCUT2D eigenvalue weighted by Gasteiger charge is 2.31. The summed E-state index contributed by atoms with van der Waals surface area (Å²) in [7, 11) is 0. The van der Waals surface area contributed by atoms with Crippen molar-refractivity contribution in [2.24, 2.45) is 0 Å². The highest BCUT2D eigenvalue weighted by Crippen LogP contribution is 2.29. The third kappa shape index (κ3) is 4.33. The van der Waals surface area contributed by atoms with Crippen molar-refractivity contribution >= 4 is 5.91 Å². The van der Waals surface area contributed by atoms with Crippen molar-refractivity contribution in [3.63, 3.8) is 0 Å². The lowest BCUT2D eigenvalue weighted by Gasteiger charge is -2.32. The number of halogens is 4. The quantitative estimate of drug-likeness (QED) is 0.746. The zero-order valence-electron chi connectivity index (χ0n) is 13.8. The second kappa shape index (κ2) is 7.35. The van der Waals surface area contributed by atoms with Crippen molar-refractivity contribution in [2.45, 2.75) is 25.1 Å². The lowest BCUT2D eigenvalue weighted by Crippen LogP contribution is -2.41. The lowest BCUT2D eigenvalue weighted by atomic mass is 10.1. The molecule has 0 spiro atoms. The summed E-state index contributed by atoms with van der Waals surface area (Å²) >= 11 is 0. The Morgan fingerprint density at radius 1 is 0.962 bits per heavy atom. The van der Waals surface area contributed by atoms with E-state index in [1.807, 2.05) is 0 Å². The van der Waals surface area contributed by atoms with Crippen LogP contribution in [0.5, 0.6) is 5.75 Å². The molecule has 2 aromatic carbocycles. The number of piperidine rings is 1. The van der Waals surface area contributed by atoms with Crippen LogP contribution >= 0.6 is 0 Å². The van der Waals surface area contributed by atoms with Gasteiger partial charge in [-0.3, -0.25) is 4.79 Å². The standard InChI is InChI=1S/C19H17F4NO2/c20-15-5-7-16(8-6-15)26-17-9-11-24(12-10-17)18(25)13-1-3-14(4-2-13)19(21,22)23/h1-8,17H,9-12H2. The second-order valence-corrected chi connectivity index (χ2v) is 6.14. The Bertz CT molecular complexity index is 749. The van der Waals surface area contributed by atoms with Gasteiger partial charge in [-0.2, -0.15) is 13.2 Å². The molecule has 1 fully saturated rings. The van der Waals surface area contributed by atoms with Gasteiger partial charge in [0, 0.05) is 31.5 Å². The number of likely N-dealkylation sites (tertiary alicyclic amines) is 1. The first-order valence-electron chi connectivity index (χ1n) is 8.22. The highest BCUT2D eigenvalue weighted by molar-refractivity contribution is 5.94. The summed E-state index contributed by atoms with van der Waals surface area (Å²) in [6, 6.07) is 9.97. The Morgan fingerprint density at radius 3 is 2.08 bits per heavy atom. The molecule has 0 N–H and O–H groups in total. The number of hydrogen-bond donors (Lipinski definition) is 0. The minimum Gasteiger partial charge on any atom is -0.490 e. The van der Waals surface area contributed by atoms with Crippen molar-refractivity contribution in [2.75, 3.05) is 13.1 Å². The Labute approximate surface area is 148 Å². The molecule has 0 aliphatic carbocycles. The molecule has 0 bridgehead atoms. The number of hydrogen-bond acceptors (Lipinski definition) is 2. The maximum atomic E-state index is 12.9. The third-order valence-electron chi connectivity index (χ3n) is 4.30. The molecular weight excluding hydrogens is 350 g/mol. The summed E-state index contributed by atoms with van der Waals surface area (Å²) < 4.78 is 56.4. The Kier molecular flexibility index (Phi) is 5.15. The molecule has 0 aromatic heterocycles. The van der Waals surface area contributed by atoms with Crippen molar-refractivity contribution in [3.8, 4) is 5.75 Å². The fourth-order valence-electron chi connectivity index (χ4n) is 2.87. The fraction of sp³-hybridized carbons (Fsp3) is 0.316. The van der Waals surface area contributed by atoms with Crippen LogP contribution in [0.25, 0.3) is 0 Å². The van der Waals surface area contributed by atoms with Crippen LogP contribution in [-0.2, 0) is 6.18 Å². The molecule has 0 saturated carbocycles. The maximum absolute atomic E-state index is 12.9. The molecule has 26 heavy (non-hydrogen) atoms. The van der Waals surface area contributed by atoms with Crippen LogP contribution in [0.15, 0.2) is 48.5 Å². The van der Waals surface area contributed by atoms with E-state index < -0.39 is 11.7 Å². The van der Waals surface area contributed by atoms with E-state index in [0.29, 0.717) is 31.7 Å². The average Bonchev–Trinajstić information content (AvgIpc) is 2.63. The predicted octanol–water partition coefficient (Wildman–Crippen LogP) is 4.53. The van der Waals surface area contributed by atoms with Crippen LogP contribution in [0.1, 0.15) is 28.8 Å². The SMILES string of the molecule is O=C(c1ccc(C(F)(F)F)cc1)N1CCC(Oc2ccc(F)cc2)CC1. The first kappa shape index (κ1) is 18.2. The first-order valence-corrected chi connectivity index (χ1v) is 8.22. The van der Waals surface area contributed by atoms with Crippen molar-refractivity contribution < 1.29 is 27.1 Å². The maximum Gasteiger partial charge on any atom is 0.416 e. The molecule has 0 atom stereocenters. The minimum absolute atomic E-state index is 0.0860. The van der Waals surface area contributed by atoms with E-state index >= 15 is 0 Å². The topological polar surface area (TPSA) is 29.5 Å². The second-order valence-electron chi connectivity index (χ2n) is 6.14. The molecule has 3 rings (SSSR count). The molecule has 138 valence electrons. The van der Waals surface area contributed by atoms with Gasteiger partial charge in [0.2, 0.25) is 0 Å². The van der Waals surface area contributed by atoms with Gasteiger partial charge in [0.05, 0.1) is 5.56 Å². The molecular formula is C19H17F4NO2. The summed E-state index contributed by atoms with van der Waals surface area (Å²) in [5, 5.41) is 0. The van der Waals surface area contributed by atoms with Gasteiger partial charge >= 0.3 is 6.18 Å².